The molecule has 16 heavy (non-hydrogen) atoms. The van der Waals surface area contributed by atoms with Gasteiger partial charge in [0.05, 0.1) is 6.10 Å². The molecule has 86 valence electrons. The van der Waals surface area contributed by atoms with Crippen LogP contribution in [0, 0.1) is 5.92 Å². The molecular weight excluding hydrogens is 198 g/mol. The van der Waals surface area contributed by atoms with E-state index < -0.39 is 0 Å². The summed E-state index contributed by atoms with van der Waals surface area (Å²) >= 11 is 0. The van der Waals surface area contributed by atoms with E-state index in [-0.39, 0.29) is 0 Å². The van der Waals surface area contributed by atoms with Gasteiger partial charge in [0.25, 0.3) is 0 Å². The molecule has 1 aromatic carbocycles. The van der Waals surface area contributed by atoms with E-state index in [1.165, 1.54) is 24.8 Å². The van der Waals surface area contributed by atoms with Gasteiger partial charge in [-0.15, -0.1) is 0 Å². The summed E-state index contributed by atoms with van der Waals surface area (Å²) in [6.45, 7) is 1.91. The minimum atomic E-state index is 0.490. The smallest absolute Gasteiger partial charge is 0.0757 e. The van der Waals surface area contributed by atoms with E-state index in [1.54, 1.807) is 0 Å². The third kappa shape index (κ3) is 2.28. The minimum Gasteiger partial charge on any atom is -0.376 e. The van der Waals surface area contributed by atoms with Crippen LogP contribution in [0.2, 0.25) is 0 Å². The molecule has 1 aliphatic carbocycles. The highest BCUT2D eigenvalue weighted by Crippen LogP contribution is 2.38. The first-order valence-electron chi connectivity index (χ1n) is 6.32. The Balaban J connectivity index is 1.54. The van der Waals surface area contributed by atoms with Gasteiger partial charge in [0.15, 0.2) is 0 Å². The third-order valence-electron chi connectivity index (χ3n) is 3.63. The zero-order valence-electron chi connectivity index (χ0n) is 9.56. The Hall–Kier alpha value is -0.860. The van der Waals surface area contributed by atoms with Crippen molar-refractivity contribution in [3.8, 4) is 0 Å². The van der Waals surface area contributed by atoms with Crippen molar-refractivity contribution in [3.05, 3.63) is 35.9 Å². The van der Waals surface area contributed by atoms with Crippen molar-refractivity contribution in [2.75, 3.05) is 6.61 Å². The molecule has 2 unspecified atom stereocenters. The highest BCUT2D eigenvalue weighted by molar-refractivity contribution is 5.14. The molecule has 1 saturated heterocycles. The van der Waals surface area contributed by atoms with Crippen LogP contribution in [0.4, 0.5) is 0 Å². The molecule has 1 N–H and O–H groups in total. The maximum absolute atomic E-state index is 5.82. The van der Waals surface area contributed by atoms with Gasteiger partial charge in [-0.2, -0.15) is 0 Å². The lowest BCUT2D eigenvalue weighted by molar-refractivity contribution is 0.0809. The van der Waals surface area contributed by atoms with Crippen molar-refractivity contribution in [1.29, 1.82) is 0 Å². The van der Waals surface area contributed by atoms with Crippen molar-refractivity contribution < 1.29 is 4.74 Å². The Morgan fingerprint density at radius 2 is 1.94 bits per heavy atom. The van der Waals surface area contributed by atoms with Crippen LogP contribution in [-0.4, -0.2) is 18.8 Å². The second kappa shape index (κ2) is 4.56. The Labute approximate surface area is 97.0 Å². The second-order valence-electron chi connectivity index (χ2n) is 4.93. The molecule has 1 saturated carbocycles. The van der Waals surface area contributed by atoms with Gasteiger partial charge in [-0.3, -0.25) is 0 Å². The lowest BCUT2D eigenvalue weighted by Gasteiger charge is -2.19. The zero-order valence-corrected chi connectivity index (χ0v) is 9.56. The lowest BCUT2D eigenvalue weighted by atomic mass is 10.1. The van der Waals surface area contributed by atoms with Crippen LogP contribution in [0.25, 0.3) is 0 Å². The number of rotatable bonds is 4. The summed E-state index contributed by atoms with van der Waals surface area (Å²) in [5, 5.41) is 3.64. The van der Waals surface area contributed by atoms with Gasteiger partial charge in [0, 0.05) is 19.2 Å². The SMILES string of the molecule is c1ccc(CNC2CCOC2C2CC2)cc1. The van der Waals surface area contributed by atoms with E-state index in [9.17, 15) is 0 Å². The molecule has 1 aliphatic heterocycles. The van der Waals surface area contributed by atoms with Crippen molar-refractivity contribution in [3.63, 3.8) is 0 Å². The van der Waals surface area contributed by atoms with Gasteiger partial charge in [-0.05, 0) is 30.7 Å². The van der Waals surface area contributed by atoms with E-state index in [2.05, 4.69) is 35.6 Å². The summed E-state index contributed by atoms with van der Waals surface area (Å²) in [5.74, 6) is 0.843. The van der Waals surface area contributed by atoms with Crippen LogP contribution in [0.1, 0.15) is 24.8 Å². The van der Waals surface area contributed by atoms with Crippen molar-refractivity contribution in [2.24, 2.45) is 5.92 Å². The first-order chi connectivity index (χ1) is 7.93. The largest absolute Gasteiger partial charge is 0.376 e. The maximum Gasteiger partial charge on any atom is 0.0757 e. The molecule has 3 rings (SSSR count). The van der Waals surface area contributed by atoms with Gasteiger partial charge in [0.1, 0.15) is 0 Å². The normalized spacial score (nSPS) is 29.5. The Kier molecular flexibility index (Phi) is 2.94. The summed E-state index contributed by atoms with van der Waals surface area (Å²) in [4.78, 5) is 0. The molecule has 1 aromatic rings. The molecule has 0 radical (unpaired) electrons. The number of hydrogen-bond acceptors (Lipinski definition) is 2. The average Bonchev–Trinajstić information content (AvgIpc) is 3.07. The Morgan fingerprint density at radius 1 is 1.12 bits per heavy atom. The molecule has 0 aromatic heterocycles. The molecule has 1 heterocycles. The molecule has 2 aliphatic rings. The molecule has 0 spiro atoms. The van der Waals surface area contributed by atoms with E-state index in [4.69, 9.17) is 4.74 Å². The maximum atomic E-state index is 5.82. The van der Waals surface area contributed by atoms with Crippen molar-refractivity contribution in [2.45, 2.75) is 38.0 Å². The summed E-state index contributed by atoms with van der Waals surface area (Å²) in [7, 11) is 0. The first-order valence-corrected chi connectivity index (χ1v) is 6.32. The van der Waals surface area contributed by atoms with Gasteiger partial charge >= 0.3 is 0 Å². The van der Waals surface area contributed by atoms with Crippen LogP contribution >= 0.6 is 0 Å². The molecule has 0 amide bonds. The number of nitrogens with one attached hydrogen (secondary N) is 1. The Morgan fingerprint density at radius 3 is 2.69 bits per heavy atom. The monoisotopic (exact) mass is 217 g/mol. The fraction of sp³-hybridized carbons (Fsp3) is 0.571. The first kappa shape index (κ1) is 10.3. The number of hydrogen-bond donors (Lipinski definition) is 1. The van der Waals surface area contributed by atoms with Crippen LogP contribution in [-0.2, 0) is 11.3 Å². The van der Waals surface area contributed by atoms with Crippen LogP contribution in [0.3, 0.4) is 0 Å². The van der Waals surface area contributed by atoms with E-state index in [0.29, 0.717) is 12.1 Å². The molecule has 0 bridgehead atoms. The van der Waals surface area contributed by atoms with Gasteiger partial charge in [0.2, 0.25) is 0 Å². The summed E-state index contributed by atoms with van der Waals surface area (Å²) in [6.07, 6.45) is 4.40. The highest BCUT2D eigenvalue weighted by atomic mass is 16.5. The van der Waals surface area contributed by atoms with Gasteiger partial charge in [-0.1, -0.05) is 30.3 Å². The molecule has 2 heteroatoms. The predicted octanol–water partition coefficient (Wildman–Crippen LogP) is 2.34. The molecule has 2 fully saturated rings. The average molecular weight is 217 g/mol. The van der Waals surface area contributed by atoms with Crippen LogP contribution in [0.5, 0.6) is 0 Å². The number of benzene rings is 1. The molecular formula is C14H19NO. The fourth-order valence-electron chi connectivity index (χ4n) is 2.56. The highest BCUT2D eigenvalue weighted by Gasteiger charge is 2.40. The van der Waals surface area contributed by atoms with E-state index in [1.807, 2.05) is 0 Å². The van der Waals surface area contributed by atoms with Gasteiger partial charge < -0.3 is 10.1 Å². The molecule has 2 nitrogen and oxygen atoms in total. The topological polar surface area (TPSA) is 21.3 Å². The second-order valence-corrected chi connectivity index (χ2v) is 4.93. The lowest BCUT2D eigenvalue weighted by Crippen LogP contribution is -2.37. The van der Waals surface area contributed by atoms with E-state index in [0.717, 1.165) is 19.1 Å². The van der Waals surface area contributed by atoms with Crippen LogP contribution in [0.15, 0.2) is 30.3 Å². The number of ether oxygens (including phenoxy) is 1. The van der Waals surface area contributed by atoms with Crippen molar-refractivity contribution >= 4 is 0 Å². The standard InChI is InChI=1S/C14H19NO/c1-2-4-11(5-3-1)10-15-13-8-9-16-14(13)12-6-7-12/h1-5,12-15H,6-10H2. The quantitative estimate of drug-likeness (QED) is 0.836. The van der Waals surface area contributed by atoms with Gasteiger partial charge in [-0.25, -0.2) is 0 Å². The fourth-order valence-corrected chi connectivity index (χ4v) is 2.56. The van der Waals surface area contributed by atoms with E-state index >= 15 is 0 Å². The molecule has 2 atom stereocenters. The minimum absolute atomic E-state index is 0.490. The zero-order chi connectivity index (χ0) is 10.8. The summed E-state index contributed by atoms with van der Waals surface area (Å²) in [5.41, 5.74) is 1.36. The predicted molar refractivity (Wildman–Crippen MR) is 64.2 cm³/mol. The van der Waals surface area contributed by atoms with Crippen LogP contribution < -0.4 is 5.32 Å². The summed E-state index contributed by atoms with van der Waals surface area (Å²) < 4.78 is 5.82. The Bertz CT molecular complexity index is 334. The third-order valence-corrected chi connectivity index (χ3v) is 3.63. The van der Waals surface area contributed by atoms with Crippen molar-refractivity contribution in [1.82, 2.24) is 5.32 Å². The summed E-state index contributed by atoms with van der Waals surface area (Å²) in [6, 6.07) is 11.2.